The van der Waals surface area contributed by atoms with E-state index in [1.807, 2.05) is 6.26 Å². The van der Waals surface area contributed by atoms with Gasteiger partial charge in [0.2, 0.25) is 0 Å². The van der Waals surface area contributed by atoms with Gasteiger partial charge in [0.1, 0.15) is 5.00 Å². The van der Waals surface area contributed by atoms with Crippen LogP contribution in [-0.2, 0) is 0 Å². The number of hydrogen-bond donors (Lipinski definition) is 1. The minimum atomic E-state index is 0.240. The predicted molar refractivity (Wildman–Crippen MR) is 90.4 cm³/mol. The van der Waals surface area contributed by atoms with E-state index in [2.05, 4.69) is 18.7 Å². The Bertz CT molecular complexity index is 474. The first-order chi connectivity index (χ1) is 9.63. The Labute approximate surface area is 129 Å². The van der Waals surface area contributed by atoms with Crippen molar-refractivity contribution in [3.63, 3.8) is 0 Å². The SMILES string of the molecule is CCCN(CCC)c1sc(C(=O)C2CC2)c(N)c1SC. The molecule has 20 heavy (non-hydrogen) atoms. The highest BCUT2D eigenvalue weighted by Gasteiger charge is 2.34. The van der Waals surface area contributed by atoms with Gasteiger partial charge in [0.05, 0.1) is 15.5 Å². The van der Waals surface area contributed by atoms with E-state index < -0.39 is 0 Å². The third-order valence-corrected chi connectivity index (χ3v) is 5.76. The van der Waals surface area contributed by atoms with Gasteiger partial charge in [0.25, 0.3) is 0 Å². The van der Waals surface area contributed by atoms with E-state index >= 15 is 0 Å². The van der Waals surface area contributed by atoms with Crippen molar-refractivity contribution in [1.29, 1.82) is 0 Å². The van der Waals surface area contributed by atoms with Gasteiger partial charge in [0, 0.05) is 19.0 Å². The van der Waals surface area contributed by atoms with Crippen LogP contribution < -0.4 is 10.6 Å². The first-order valence-corrected chi connectivity index (χ1v) is 9.43. The van der Waals surface area contributed by atoms with Crippen molar-refractivity contribution < 1.29 is 4.79 Å². The second-order valence-corrected chi connectivity index (χ2v) is 7.12. The van der Waals surface area contributed by atoms with Crippen molar-refractivity contribution in [2.24, 2.45) is 5.92 Å². The monoisotopic (exact) mass is 312 g/mol. The Hall–Kier alpha value is -0.680. The Kier molecular flexibility index (Phi) is 5.38. The summed E-state index contributed by atoms with van der Waals surface area (Å²) in [6.45, 7) is 6.43. The van der Waals surface area contributed by atoms with Crippen molar-refractivity contribution in [1.82, 2.24) is 0 Å². The summed E-state index contributed by atoms with van der Waals surface area (Å²) in [7, 11) is 0. The number of carbonyl (C=O) groups excluding carboxylic acids is 1. The molecule has 0 spiro atoms. The standard InChI is InChI=1S/C15H24N2OS2/c1-4-8-17(9-5-2)15-14(19-3)11(16)13(20-15)12(18)10-6-7-10/h10H,4-9,16H2,1-3H3. The lowest BCUT2D eigenvalue weighted by Crippen LogP contribution is -2.24. The van der Waals surface area contributed by atoms with E-state index in [0.717, 1.165) is 48.5 Å². The molecule has 0 aromatic carbocycles. The summed E-state index contributed by atoms with van der Waals surface area (Å²) in [5.41, 5.74) is 6.97. The molecule has 5 heteroatoms. The highest BCUT2D eigenvalue weighted by atomic mass is 32.2. The highest BCUT2D eigenvalue weighted by Crippen LogP contribution is 2.46. The van der Waals surface area contributed by atoms with Gasteiger partial charge in [-0.15, -0.1) is 23.1 Å². The maximum Gasteiger partial charge on any atom is 0.178 e. The number of nitrogens with two attached hydrogens (primary N) is 1. The van der Waals surface area contributed by atoms with E-state index in [1.54, 1.807) is 23.1 Å². The number of rotatable bonds is 8. The molecule has 0 amide bonds. The maximum absolute atomic E-state index is 12.4. The Morgan fingerprint density at radius 3 is 2.40 bits per heavy atom. The fourth-order valence-electron chi connectivity index (χ4n) is 2.39. The van der Waals surface area contributed by atoms with Crippen LogP contribution in [0.1, 0.15) is 49.2 Å². The molecule has 0 aliphatic heterocycles. The molecule has 1 aliphatic rings. The largest absolute Gasteiger partial charge is 0.396 e. The van der Waals surface area contributed by atoms with Gasteiger partial charge in [-0.1, -0.05) is 13.8 Å². The maximum atomic E-state index is 12.4. The Morgan fingerprint density at radius 1 is 1.35 bits per heavy atom. The van der Waals surface area contributed by atoms with Crippen LogP contribution in [0.15, 0.2) is 4.90 Å². The summed E-state index contributed by atoms with van der Waals surface area (Å²) >= 11 is 3.27. The number of nitrogen functional groups attached to an aromatic ring is 1. The molecule has 0 radical (unpaired) electrons. The average molecular weight is 313 g/mol. The molecule has 3 nitrogen and oxygen atoms in total. The van der Waals surface area contributed by atoms with Crippen molar-refractivity contribution >= 4 is 39.6 Å². The molecule has 1 saturated carbocycles. The average Bonchev–Trinajstić information content (AvgIpc) is 3.22. The molecule has 2 rings (SSSR count). The number of Topliss-reactive ketones (excluding diaryl/α,β-unsaturated/α-hetero) is 1. The summed E-state index contributed by atoms with van der Waals surface area (Å²) in [6, 6.07) is 0. The van der Waals surface area contributed by atoms with Crippen LogP contribution in [0.25, 0.3) is 0 Å². The van der Waals surface area contributed by atoms with Crippen LogP contribution >= 0.6 is 23.1 Å². The summed E-state index contributed by atoms with van der Waals surface area (Å²) in [5.74, 6) is 0.506. The van der Waals surface area contributed by atoms with Gasteiger partial charge in [-0.25, -0.2) is 0 Å². The summed E-state index contributed by atoms with van der Waals surface area (Å²) in [6.07, 6.45) is 6.33. The topological polar surface area (TPSA) is 46.3 Å². The highest BCUT2D eigenvalue weighted by molar-refractivity contribution is 7.99. The van der Waals surface area contributed by atoms with E-state index in [0.29, 0.717) is 5.69 Å². The summed E-state index contributed by atoms with van der Waals surface area (Å²) < 4.78 is 0. The number of carbonyl (C=O) groups is 1. The third-order valence-electron chi connectivity index (χ3n) is 3.53. The second kappa shape index (κ2) is 6.85. The molecular formula is C15H24N2OS2. The second-order valence-electron chi connectivity index (χ2n) is 5.31. The number of thiophene rings is 1. The number of hydrogen-bond acceptors (Lipinski definition) is 5. The molecule has 0 bridgehead atoms. The fourth-order valence-corrected chi connectivity index (χ4v) is 4.64. The van der Waals surface area contributed by atoms with E-state index in [4.69, 9.17) is 5.73 Å². The molecule has 0 unspecified atom stereocenters. The number of anilines is 2. The molecule has 112 valence electrons. The van der Waals surface area contributed by atoms with E-state index in [1.165, 1.54) is 5.00 Å². The number of nitrogens with zero attached hydrogens (tertiary/aromatic N) is 1. The smallest absolute Gasteiger partial charge is 0.178 e. The van der Waals surface area contributed by atoms with Crippen LogP contribution in [-0.4, -0.2) is 25.1 Å². The molecule has 2 N–H and O–H groups in total. The van der Waals surface area contributed by atoms with Crippen LogP contribution in [0, 0.1) is 5.92 Å². The summed E-state index contributed by atoms with van der Waals surface area (Å²) in [5, 5.41) is 1.20. The van der Waals surface area contributed by atoms with Crippen molar-refractivity contribution in [3.05, 3.63) is 4.88 Å². The zero-order valence-electron chi connectivity index (χ0n) is 12.6. The van der Waals surface area contributed by atoms with Gasteiger partial charge in [-0.3, -0.25) is 4.79 Å². The van der Waals surface area contributed by atoms with Gasteiger partial charge in [0.15, 0.2) is 5.78 Å². The van der Waals surface area contributed by atoms with E-state index in [-0.39, 0.29) is 11.7 Å². The zero-order valence-corrected chi connectivity index (χ0v) is 14.2. The van der Waals surface area contributed by atoms with Gasteiger partial charge in [-0.05, 0) is 31.9 Å². The van der Waals surface area contributed by atoms with E-state index in [9.17, 15) is 4.79 Å². The lowest BCUT2D eigenvalue weighted by atomic mass is 10.2. The molecule has 0 atom stereocenters. The first kappa shape index (κ1) is 15.7. The number of thioether (sulfide) groups is 1. The number of ketones is 1. The van der Waals surface area contributed by atoms with Gasteiger partial charge >= 0.3 is 0 Å². The lowest BCUT2D eigenvalue weighted by molar-refractivity contribution is 0.0972. The fraction of sp³-hybridized carbons (Fsp3) is 0.667. The van der Waals surface area contributed by atoms with Crippen LogP contribution in [0.5, 0.6) is 0 Å². The molecule has 1 aliphatic carbocycles. The molecule has 1 fully saturated rings. The molecule has 1 aromatic heterocycles. The first-order valence-electron chi connectivity index (χ1n) is 7.39. The Morgan fingerprint density at radius 2 is 1.95 bits per heavy atom. The quantitative estimate of drug-likeness (QED) is 0.575. The third kappa shape index (κ3) is 3.14. The molecule has 1 aromatic rings. The minimum Gasteiger partial charge on any atom is -0.396 e. The molecular weight excluding hydrogens is 288 g/mol. The van der Waals surface area contributed by atoms with Crippen molar-refractivity contribution in [3.8, 4) is 0 Å². The lowest BCUT2D eigenvalue weighted by Gasteiger charge is -2.23. The van der Waals surface area contributed by atoms with Crippen LogP contribution in [0.3, 0.4) is 0 Å². The van der Waals surface area contributed by atoms with Crippen LogP contribution in [0.2, 0.25) is 0 Å². The normalized spacial score (nSPS) is 14.6. The van der Waals surface area contributed by atoms with Gasteiger partial charge in [-0.2, -0.15) is 0 Å². The van der Waals surface area contributed by atoms with Gasteiger partial charge < -0.3 is 10.6 Å². The molecule has 0 saturated heterocycles. The summed E-state index contributed by atoms with van der Waals surface area (Å²) in [4.78, 5) is 16.6. The Balaban J connectivity index is 2.35. The van der Waals surface area contributed by atoms with Crippen molar-refractivity contribution in [2.45, 2.75) is 44.4 Å². The minimum absolute atomic E-state index is 0.240. The van der Waals surface area contributed by atoms with Crippen LogP contribution in [0.4, 0.5) is 10.7 Å². The van der Waals surface area contributed by atoms with Crippen molar-refractivity contribution in [2.75, 3.05) is 30.0 Å². The zero-order chi connectivity index (χ0) is 14.7. The molecule has 1 heterocycles. The predicted octanol–water partition coefficient (Wildman–Crippen LogP) is 4.27.